The van der Waals surface area contributed by atoms with E-state index in [9.17, 15) is 4.39 Å². The normalized spacial score (nSPS) is 23.8. The van der Waals surface area contributed by atoms with E-state index < -0.39 is 0 Å². The summed E-state index contributed by atoms with van der Waals surface area (Å²) in [7, 11) is 2.08. The minimum Gasteiger partial charge on any atom is -0.330 e. The van der Waals surface area contributed by atoms with Gasteiger partial charge in [0.15, 0.2) is 0 Å². The molecule has 0 heterocycles. The number of aryl methyl sites for hydroxylation is 1. The van der Waals surface area contributed by atoms with E-state index in [1.807, 2.05) is 19.1 Å². The molecule has 3 heteroatoms. The molecule has 2 rings (SSSR count). The van der Waals surface area contributed by atoms with Crippen LogP contribution in [-0.2, 0) is 6.54 Å². The highest BCUT2D eigenvalue weighted by molar-refractivity contribution is 5.24. The Morgan fingerprint density at radius 2 is 2.17 bits per heavy atom. The maximum Gasteiger partial charge on any atom is 0.127 e. The van der Waals surface area contributed by atoms with Crippen molar-refractivity contribution in [2.75, 3.05) is 13.6 Å². The van der Waals surface area contributed by atoms with Crippen LogP contribution >= 0.6 is 0 Å². The molecule has 0 aliphatic heterocycles. The number of hydrogen-bond donors (Lipinski definition) is 1. The molecule has 100 valence electrons. The molecule has 0 amide bonds. The maximum absolute atomic E-state index is 13.7. The Kier molecular flexibility index (Phi) is 4.36. The van der Waals surface area contributed by atoms with Crippen molar-refractivity contribution in [2.24, 2.45) is 11.7 Å². The van der Waals surface area contributed by atoms with Gasteiger partial charge in [-0.25, -0.2) is 4.39 Å². The van der Waals surface area contributed by atoms with E-state index in [2.05, 4.69) is 11.9 Å². The topological polar surface area (TPSA) is 29.3 Å². The quantitative estimate of drug-likeness (QED) is 0.890. The summed E-state index contributed by atoms with van der Waals surface area (Å²) in [6, 6.07) is 5.83. The van der Waals surface area contributed by atoms with Gasteiger partial charge >= 0.3 is 0 Å². The summed E-state index contributed by atoms with van der Waals surface area (Å²) in [4.78, 5) is 2.27. The molecule has 1 aliphatic carbocycles. The number of benzene rings is 1. The van der Waals surface area contributed by atoms with E-state index in [0.717, 1.165) is 17.7 Å². The molecule has 2 unspecified atom stereocenters. The second-order valence-electron chi connectivity index (χ2n) is 5.50. The molecule has 1 fully saturated rings. The predicted molar refractivity (Wildman–Crippen MR) is 72.8 cm³/mol. The van der Waals surface area contributed by atoms with Crippen LogP contribution in [0.5, 0.6) is 0 Å². The van der Waals surface area contributed by atoms with Crippen molar-refractivity contribution in [2.45, 2.75) is 38.8 Å². The van der Waals surface area contributed by atoms with Gasteiger partial charge < -0.3 is 5.73 Å². The third-order valence-electron chi connectivity index (χ3n) is 4.11. The molecule has 2 atom stereocenters. The smallest absolute Gasteiger partial charge is 0.127 e. The number of nitrogens with two attached hydrogens (primary N) is 1. The Bertz CT molecular complexity index is 405. The first-order valence-corrected chi connectivity index (χ1v) is 6.77. The van der Waals surface area contributed by atoms with Gasteiger partial charge in [-0.2, -0.15) is 0 Å². The Morgan fingerprint density at radius 3 is 2.89 bits per heavy atom. The molecular formula is C15H23FN2. The van der Waals surface area contributed by atoms with Crippen LogP contribution < -0.4 is 5.73 Å². The van der Waals surface area contributed by atoms with E-state index in [1.54, 1.807) is 6.07 Å². The predicted octanol–water partition coefficient (Wildman–Crippen LogP) is 2.69. The molecule has 2 nitrogen and oxygen atoms in total. The van der Waals surface area contributed by atoms with Crippen molar-refractivity contribution in [1.82, 2.24) is 4.90 Å². The summed E-state index contributed by atoms with van der Waals surface area (Å²) in [5.41, 5.74) is 7.71. The molecule has 1 aromatic carbocycles. The Balaban J connectivity index is 2.06. The lowest BCUT2D eigenvalue weighted by Gasteiger charge is -2.29. The summed E-state index contributed by atoms with van der Waals surface area (Å²) >= 11 is 0. The van der Waals surface area contributed by atoms with Crippen LogP contribution in [0.25, 0.3) is 0 Å². The van der Waals surface area contributed by atoms with E-state index in [1.165, 1.54) is 19.3 Å². The zero-order chi connectivity index (χ0) is 13.1. The molecule has 0 radical (unpaired) electrons. The third-order valence-corrected chi connectivity index (χ3v) is 4.11. The Morgan fingerprint density at radius 1 is 1.39 bits per heavy atom. The fourth-order valence-corrected chi connectivity index (χ4v) is 3.08. The van der Waals surface area contributed by atoms with Crippen LogP contribution in [0.1, 0.15) is 30.4 Å². The SMILES string of the molecule is Cc1ccc(F)c(CN(C)C2CCCC2CN)c1. The molecule has 0 bridgehead atoms. The summed E-state index contributed by atoms with van der Waals surface area (Å²) in [5, 5.41) is 0. The average Bonchev–Trinajstić information content (AvgIpc) is 2.82. The minimum atomic E-state index is -0.102. The van der Waals surface area contributed by atoms with Crippen LogP contribution in [0, 0.1) is 18.7 Å². The van der Waals surface area contributed by atoms with Gasteiger partial charge in [0, 0.05) is 18.2 Å². The molecule has 0 aromatic heterocycles. The lowest BCUT2D eigenvalue weighted by atomic mass is 10.0. The molecule has 0 saturated heterocycles. The van der Waals surface area contributed by atoms with E-state index in [0.29, 0.717) is 18.5 Å². The van der Waals surface area contributed by atoms with Crippen LogP contribution in [0.15, 0.2) is 18.2 Å². The number of hydrogen-bond acceptors (Lipinski definition) is 2. The number of rotatable bonds is 4. The zero-order valence-electron chi connectivity index (χ0n) is 11.3. The van der Waals surface area contributed by atoms with Crippen molar-refractivity contribution >= 4 is 0 Å². The van der Waals surface area contributed by atoms with Gasteiger partial charge in [-0.3, -0.25) is 4.90 Å². The van der Waals surface area contributed by atoms with Gasteiger partial charge in [-0.05, 0) is 45.3 Å². The van der Waals surface area contributed by atoms with Crippen LogP contribution in [0.2, 0.25) is 0 Å². The monoisotopic (exact) mass is 250 g/mol. The summed E-state index contributed by atoms with van der Waals surface area (Å²) in [6.45, 7) is 3.42. The molecule has 1 saturated carbocycles. The summed E-state index contributed by atoms with van der Waals surface area (Å²) in [6.07, 6.45) is 3.64. The standard InChI is InChI=1S/C15H23FN2/c1-11-6-7-14(16)13(8-11)10-18(2)15-5-3-4-12(15)9-17/h6-8,12,15H,3-5,9-10,17H2,1-2H3. The minimum absolute atomic E-state index is 0.102. The molecular weight excluding hydrogens is 227 g/mol. The van der Waals surface area contributed by atoms with Gasteiger partial charge in [-0.1, -0.05) is 24.1 Å². The second-order valence-corrected chi connectivity index (χ2v) is 5.50. The average molecular weight is 250 g/mol. The first-order valence-electron chi connectivity index (χ1n) is 6.77. The molecule has 18 heavy (non-hydrogen) atoms. The Hall–Kier alpha value is -0.930. The molecule has 2 N–H and O–H groups in total. The molecule has 0 spiro atoms. The van der Waals surface area contributed by atoms with Crippen molar-refractivity contribution in [3.63, 3.8) is 0 Å². The van der Waals surface area contributed by atoms with Crippen molar-refractivity contribution in [3.8, 4) is 0 Å². The Labute approximate surface area is 109 Å². The van der Waals surface area contributed by atoms with E-state index >= 15 is 0 Å². The molecule has 1 aromatic rings. The first-order chi connectivity index (χ1) is 8.61. The zero-order valence-corrected chi connectivity index (χ0v) is 11.3. The van der Waals surface area contributed by atoms with E-state index in [-0.39, 0.29) is 5.82 Å². The highest BCUT2D eigenvalue weighted by Gasteiger charge is 2.29. The van der Waals surface area contributed by atoms with Crippen LogP contribution in [0.4, 0.5) is 4.39 Å². The highest BCUT2D eigenvalue weighted by Crippen LogP contribution is 2.29. The molecule has 1 aliphatic rings. The third kappa shape index (κ3) is 2.90. The van der Waals surface area contributed by atoms with Crippen molar-refractivity contribution in [1.29, 1.82) is 0 Å². The fourth-order valence-electron chi connectivity index (χ4n) is 3.08. The van der Waals surface area contributed by atoms with Gasteiger partial charge in [0.05, 0.1) is 0 Å². The van der Waals surface area contributed by atoms with Gasteiger partial charge in [-0.15, -0.1) is 0 Å². The first kappa shape index (κ1) is 13.5. The fraction of sp³-hybridized carbons (Fsp3) is 0.600. The van der Waals surface area contributed by atoms with Gasteiger partial charge in [0.1, 0.15) is 5.82 Å². The van der Waals surface area contributed by atoms with Crippen LogP contribution in [0.3, 0.4) is 0 Å². The lowest BCUT2D eigenvalue weighted by molar-refractivity contribution is 0.190. The van der Waals surface area contributed by atoms with Crippen molar-refractivity contribution < 1.29 is 4.39 Å². The number of nitrogens with zero attached hydrogens (tertiary/aromatic N) is 1. The maximum atomic E-state index is 13.7. The summed E-state index contributed by atoms with van der Waals surface area (Å²) < 4.78 is 13.7. The van der Waals surface area contributed by atoms with Crippen molar-refractivity contribution in [3.05, 3.63) is 35.1 Å². The summed E-state index contributed by atoms with van der Waals surface area (Å²) in [5.74, 6) is 0.470. The number of halogens is 1. The van der Waals surface area contributed by atoms with Gasteiger partial charge in [0.2, 0.25) is 0 Å². The largest absolute Gasteiger partial charge is 0.330 e. The second kappa shape index (κ2) is 5.81. The van der Waals surface area contributed by atoms with Crippen LogP contribution in [-0.4, -0.2) is 24.5 Å². The highest BCUT2D eigenvalue weighted by atomic mass is 19.1. The van der Waals surface area contributed by atoms with E-state index in [4.69, 9.17) is 5.73 Å². The van der Waals surface area contributed by atoms with Gasteiger partial charge in [0.25, 0.3) is 0 Å². The lowest BCUT2D eigenvalue weighted by Crippen LogP contribution is -2.37.